The fourth-order valence-corrected chi connectivity index (χ4v) is 1.75. The predicted molar refractivity (Wildman–Crippen MR) is 74.6 cm³/mol. The van der Waals surface area contributed by atoms with Crippen molar-refractivity contribution in [3.8, 4) is 12.3 Å². The smallest absolute Gasteiger partial charge is 0.317 e. The van der Waals surface area contributed by atoms with E-state index in [1.807, 2.05) is 27.7 Å². The molecule has 2 N–H and O–H groups in total. The van der Waals surface area contributed by atoms with Gasteiger partial charge in [-0.15, -0.1) is 6.42 Å². The van der Waals surface area contributed by atoms with E-state index in [1.165, 1.54) is 0 Å². The highest BCUT2D eigenvalue weighted by molar-refractivity contribution is 5.80. The van der Waals surface area contributed by atoms with Crippen LogP contribution in [0.3, 0.4) is 0 Å². The van der Waals surface area contributed by atoms with Gasteiger partial charge in [0.15, 0.2) is 0 Å². The van der Waals surface area contributed by atoms with E-state index in [4.69, 9.17) is 11.5 Å². The van der Waals surface area contributed by atoms with E-state index in [0.29, 0.717) is 12.8 Å². The Kier molecular flexibility index (Phi) is 7.17. The Morgan fingerprint density at radius 2 is 1.84 bits per heavy atom. The van der Waals surface area contributed by atoms with Crippen molar-refractivity contribution in [2.24, 2.45) is 0 Å². The summed E-state index contributed by atoms with van der Waals surface area (Å²) in [6.45, 7) is 7.41. The van der Waals surface area contributed by atoms with Gasteiger partial charge in [0.2, 0.25) is 5.91 Å². The quantitative estimate of drug-likeness (QED) is 0.647. The SMILES string of the molecule is C#CC(CC)(CC)NC(=O)CN(CC(=O)O)C(C)C. The average molecular weight is 268 g/mol. The topological polar surface area (TPSA) is 69.6 Å². The fourth-order valence-electron chi connectivity index (χ4n) is 1.75. The summed E-state index contributed by atoms with van der Waals surface area (Å²) in [4.78, 5) is 24.3. The third kappa shape index (κ3) is 5.75. The zero-order valence-electron chi connectivity index (χ0n) is 12.2. The second-order valence-electron chi connectivity index (χ2n) is 4.87. The molecule has 19 heavy (non-hydrogen) atoms. The highest BCUT2D eigenvalue weighted by atomic mass is 16.4. The molecule has 5 nitrogen and oxygen atoms in total. The number of nitrogens with zero attached hydrogens (tertiary/aromatic N) is 1. The van der Waals surface area contributed by atoms with Crippen LogP contribution >= 0.6 is 0 Å². The number of terminal acetylenes is 1. The summed E-state index contributed by atoms with van der Waals surface area (Å²) >= 11 is 0. The molecule has 108 valence electrons. The maximum atomic E-state index is 12.0. The minimum Gasteiger partial charge on any atom is -0.480 e. The monoisotopic (exact) mass is 268 g/mol. The lowest BCUT2D eigenvalue weighted by atomic mass is 9.94. The summed E-state index contributed by atoms with van der Waals surface area (Å²) in [5, 5.41) is 11.6. The van der Waals surface area contributed by atoms with Crippen LogP contribution in [0.15, 0.2) is 0 Å². The first kappa shape index (κ1) is 17.5. The molecule has 0 saturated carbocycles. The van der Waals surface area contributed by atoms with Crippen molar-refractivity contribution < 1.29 is 14.7 Å². The molecule has 0 aliphatic heterocycles. The third-order valence-corrected chi connectivity index (χ3v) is 3.28. The van der Waals surface area contributed by atoms with Gasteiger partial charge in [0.1, 0.15) is 5.54 Å². The standard InChI is InChI=1S/C14H24N2O3/c1-6-14(7-2,8-3)15-12(17)9-16(11(4)5)10-13(18)19/h1,11H,7-10H2,2-5H3,(H,15,17)(H,18,19). The molecule has 0 aromatic heterocycles. The Hall–Kier alpha value is -1.54. The van der Waals surface area contributed by atoms with Crippen LogP contribution in [0.25, 0.3) is 0 Å². The molecule has 5 heteroatoms. The first-order valence-corrected chi connectivity index (χ1v) is 6.54. The molecule has 0 atom stereocenters. The van der Waals surface area contributed by atoms with E-state index in [-0.39, 0.29) is 25.0 Å². The number of carboxylic acid groups (broad SMARTS) is 1. The second kappa shape index (κ2) is 7.80. The van der Waals surface area contributed by atoms with Crippen LogP contribution in [-0.2, 0) is 9.59 Å². The maximum Gasteiger partial charge on any atom is 0.317 e. The molecule has 0 aromatic rings. The first-order valence-electron chi connectivity index (χ1n) is 6.54. The van der Waals surface area contributed by atoms with Crippen LogP contribution in [-0.4, -0.2) is 46.6 Å². The number of carboxylic acids is 1. The van der Waals surface area contributed by atoms with E-state index < -0.39 is 11.5 Å². The molecule has 0 radical (unpaired) electrons. The first-order chi connectivity index (χ1) is 8.80. The summed E-state index contributed by atoms with van der Waals surface area (Å²) < 4.78 is 0. The molecule has 0 aromatic carbocycles. The van der Waals surface area contributed by atoms with Crippen molar-refractivity contribution in [3.05, 3.63) is 0 Å². The summed E-state index contributed by atoms with van der Waals surface area (Å²) in [6, 6.07) is -0.0228. The summed E-state index contributed by atoms with van der Waals surface area (Å²) in [7, 11) is 0. The normalized spacial score (nSPS) is 11.4. The van der Waals surface area contributed by atoms with Gasteiger partial charge in [-0.25, -0.2) is 0 Å². The minimum absolute atomic E-state index is 0.0228. The molecule has 0 spiro atoms. The highest BCUT2D eigenvalue weighted by Crippen LogP contribution is 2.13. The molecule has 0 rings (SSSR count). The van der Waals surface area contributed by atoms with Gasteiger partial charge in [0, 0.05) is 6.04 Å². The van der Waals surface area contributed by atoms with Crippen LogP contribution in [0.5, 0.6) is 0 Å². The average Bonchev–Trinajstić information content (AvgIpc) is 2.34. The fraction of sp³-hybridized carbons (Fsp3) is 0.714. The van der Waals surface area contributed by atoms with Gasteiger partial charge in [0.05, 0.1) is 13.1 Å². The van der Waals surface area contributed by atoms with Gasteiger partial charge in [0.25, 0.3) is 0 Å². The number of carbonyl (C=O) groups is 2. The summed E-state index contributed by atoms with van der Waals surface area (Å²) in [6.07, 6.45) is 6.77. The summed E-state index contributed by atoms with van der Waals surface area (Å²) in [5.74, 6) is 1.43. The predicted octanol–water partition coefficient (Wildman–Crippen LogP) is 1.09. The molecule has 0 fully saturated rings. The molecule has 0 saturated heterocycles. The third-order valence-electron chi connectivity index (χ3n) is 3.28. The van der Waals surface area contributed by atoms with Gasteiger partial charge >= 0.3 is 5.97 Å². The molecule has 0 aliphatic rings. The van der Waals surface area contributed by atoms with Gasteiger partial charge in [-0.1, -0.05) is 19.8 Å². The Morgan fingerprint density at radius 3 is 2.16 bits per heavy atom. The van der Waals surface area contributed by atoms with Gasteiger partial charge in [-0.3, -0.25) is 14.5 Å². The lowest BCUT2D eigenvalue weighted by Gasteiger charge is -2.30. The number of aliphatic carboxylic acids is 1. The van der Waals surface area contributed by atoms with Crippen LogP contribution in [0.2, 0.25) is 0 Å². The lowest BCUT2D eigenvalue weighted by Crippen LogP contribution is -2.51. The number of hydrogen-bond donors (Lipinski definition) is 2. The van der Waals surface area contributed by atoms with E-state index in [9.17, 15) is 9.59 Å². The maximum absolute atomic E-state index is 12.0. The van der Waals surface area contributed by atoms with Crippen molar-refractivity contribution in [2.75, 3.05) is 13.1 Å². The van der Waals surface area contributed by atoms with Crippen molar-refractivity contribution in [1.29, 1.82) is 0 Å². The van der Waals surface area contributed by atoms with Gasteiger partial charge in [-0.2, -0.15) is 0 Å². The largest absolute Gasteiger partial charge is 0.480 e. The second-order valence-corrected chi connectivity index (χ2v) is 4.87. The number of amides is 1. The molecule has 0 heterocycles. The van der Waals surface area contributed by atoms with Crippen LogP contribution in [0, 0.1) is 12.3 Å². The lowest BCUT2D eigenvalue weighted by molar-refractivity contribution is -0.139. The van der Waals surface area contributed by atoms with E-state index in [0.717, 1.165) is 0 Å². The zero-order valence-corrected chi connectivity index (χ0v) is 12.2. The molecular weight excluding hydrogens is 244 g/mol. The summed E-state index contributed by atoms with van der Waals surface area (Å²) in [5.41, 5.74) is -0.636. The van der Waals surface area contributed by atoms with Crippen molar-refractivity contribution in [1.82, 2.24) is 10.2 Å². The molecular formula is C14H24N2O3. The molecule has 0 bridgehead atoms. The molecule has 1 amide bonds. The van der Waals surface area contributed by atoms with E-state index in [2.05, 4.69) is 11.2 Å². The van der Waals surface area contributed by atoms with Crippen LogP contribution in [0.4, 0.5) is 0 Å². The Balaban J connectivity index is 4.66. The van der Waals surface area contributed by atoms with Crippen LogP contribution in [0.1, 0.15) is 40.5 Å². The van der Waals surface area contributed by atoms with Crippen LogP contribution < -0.4 is 5.32 Å². The number of hydrogen-bond acceptors (Lipinski definition) is 3. The van der Waals surface area contributed by atoms with E-state index in [1.54, 1.807) is 4.90 Å². The minimum atomic E-state index is -0.948. The number of carbonyl (C=O) groups excluding carboxylic acids is 1. The Morgan fingerprint density at radius 1 is 1.32 bits per heavy atom. The van der Waals surface area contributed by atoms with Crippen molar-refractivity contribution in [3.63, 3.8) is 0 Å². The number of nitrogens with one attached hydrogen (secondary N) is 1. The van der Waals surface area contributed by atoms with Gasteiger partial charge < -0.3 is 10.4 Å². The van der Waals surface area contributed by atoms with Crippen molar-refractivity contribution in [2.45, 2.75) is 52.1 Å². The Labute approximate surface area is 115 Å². The van der Waals surface area contributed by atoms with E-state index >= 15 is 0 Å². The molecule has 0 aliphatic carbocycles. The molecule has 0 unspecified atom stereocenters. The zero-order chi connectivity index (χ0) is 15.1. The highest BCUT2D eigenvalue weighted by Gasteiger charge is 2.26. The Bertz CT molecular complexity index is 354. The number of rotatable bonds is 8. The van der Waals surface area contributed by atoms with Gasteiger partial charge in [-0.05, 0) is 26.7 Å². The van der Waals surface area contributed by atoms with Crippen molar-refractivity contribution >= 4 is 11.9 Å².